The number of nitrogen functional groups attached to an aromatic ring is 1. The summed E-state index contributed by atoms with van der Waals surface area (Å²) in [6, 6.07) is 6.56. The third kappa shape index (κ3) is 3.15. The minimum Gasteiger partial charge on any atom is -0.452 e. The van der Waals surface area contributed by atoms with Crippen molar-refractivity contribution >= 4 is 39.7 Å². The first-order valence-electron chi connectivity index (χ1n) is 5.67. The van der Waals surface area contributed by atoms with Crippen molar-refractivity contribution in [1.29, 1.82) is 0 Å². The largest absolute Gasteiger partial charge is 0.452 e. The van der Waals surface area contributed by atoms with Crippen molar-refractivity contribution < 1.29 is 14.3 Å². The predicted octanol–water partition coefficient (Wildman–Crippen LogP) is 2.73. The molecule has 1 aromatic carbocycles. The van der Waals surface area contributed by atoms with E-state index in [2.05, 4.69) is 4.98 Å². The van der Waals surface area contributed by atoms with Crippen molar-refractivity contribution in [2.75, 3.05) is 12.3 Å². The van der Waals surface area contributed by atoms with Gasteiger partial charge in [-0.25, -0.2) is 9.78 Å². The number of carbonyl (C=O) groups excluding carboxylic acids is 2. The van der Waals surface area contributed by atoms with Gasteiger partial charge < -0.3 is 10.5 Å². The molecule has 0 spiro atoms. The van der Waals surface area contributed by atoms with Crippen LogP contribution in [0.5, 0.6) is 0 Å². The van der Waals surface area contributed by atoms with E-state index in [1.165, 1.54) is 11.3 Å². The van der Waals surface area contributed by atoms with Crippen molar-refractivity contribution in [3.05, 3.63) is 45.6 Å². The number of esters is 1. The highest BCUT2D eigenvalue weighted by molar-refractivity contribution is 7.15. The van der Waals surface area contributed by atoms with Crippen LogP contribution in [0.25, 0.3) is 0 Å². The number of aromatic nitrogens is 1. The van der Waals surface area contributed by atoms with Gasteiger partial charge in [-0.3, -0.25) is 4.79 Å². The van der Waals surface area contributed by atoms with Gasteiger partial charge in [0.25, 0.3) is 0 Å². The van der Waals surface area contributed by atoms with E-state index in [0.29, 0.717) is 15.6 Å². The van der Waals surface area contributed by atoms with Gasteiger partial charge in [-0.2, -0.15) is 0 Å². The second-order valence-corrected chi connectivity index (χ2v) is 5.57. The number of hydrogen-bond acceptors (Lipinski definition) is 6. The summed E-state index contributed by atoms with van der Waals surface area (Å²) in [7, 11) is 0. The molecule has 0 aliphatic carbocycles. The van der Waals surface area contributed by atoms with E-state index < -0.39 is 12.6 Å². The number of nitrogens with zero attached hydrogens (tertiary/aromatic N) is 1. The number of rotatable bonds is 4. The van der Waals surface area contributed by atoms with Gasteiger partial charge in [0, 0.05) is 5.56 Å². The zero-order valence-electron chi connectivity index (χ0n) is 10.6. The molecule has 2 N–H and O–H groups in total. The number of nitrogens with two attached hydrogens (primary N) is 1. The normalized spacial score (nSPS) is 10.3. The molecule has 0 radical (unpaired) electrons. The molecule has 0 saturated carbocycles. The van der Waals surface area contributed by atoms with Gasteiger partial charge in [-0.05, 0) is 19.1 Å². The Morgan fingerprint density at radius 1 is 1.40 bits per heavy atom. The molecule has 0 fully saturated rings. The number of anilines is 1. The Labute approximate surface area is 124 Å². The zero-order chi connectivity index (χ0) is 14.7. The van der Waals surface area contributed by atoms with E-state index in [0.717, 1.165) is 0 Å². The lowest BCUT2D eigenvalue weighted by Crippen LogP contribution is -2.15. The molecule has 0 unspecified atom stereocenters. The van der Waals surface area contributed by atoms with Crippen LogP contribution in [0.1, 0.15) is 25.9 Å². The number of thiazole rings is 1. The molecule has 20 heavy (non-hydrogen) atoms. The van der Waals surface area contributed by atoms with Gasteiger partial charge in [0.15, 0.2) is 12.3 Å². The van der Waals surface area contributed by atoms with E-state index in [9.17, 15) is 9.59 Å². The van der Waals surface area contributed by atoms with Crippen LogP contribution in [0.3, 0.4) is 0 Å². The lowest BCUT2D eigenvalue weighted by Gasteiger charge is -2.04. The Balaban J connectivity index is 2.02. The van der Waals surface area contributed by atoms with Gasteiger partial charge in [0.2, 0.25) is 5.78 Å². The lowest BCUT2D eigenvalue weighted by atomic mass is 10.1. The maximum Gasteiger partial charge on any atom is 0.360 e. The fourth-order valence-electron chi connectivity index (χ4n) is 1.55. The highest BCUT2D eigenvalue weighted by Crippen LogP contribution is 2.21. The monoisotopic (exact) mass is 310 g/mol. The predicted molar refractivity (Wildman–Crippen MR) is 77.3 cm³/mol. The van der Waals surface area contributed by atoms with Crippen molar-refractivity contribution in [3.8, 4) is 0 Å². The fraction of sp³-hybridized carbons (Fsp3) is 0.154. The van der Waals surface area contributed by atoms with E-state index in [1.807, 2.05) is 0 Å². The van der Waals surface area contributed by atoms with Gasteiger partial charge in [0.1, 0.15) is 5.00 Å². The summed E-state index contributed by atoms with van der Waals surface area (Å²) in [5.74, 6) is -1.10. The first kappa shape index (κ1) is 14.5. The number of hydrogen-bond donors (Lipinski definition) is 1. The minimum absolute atomic E-state index is 0.0412. The van der Waals surface area contributed by atoms with Crippen LogP contribution >= 0.6 is 22.9 Å². The first-order chi connectivity index (χ1) is 9.49. The molecule has 1 aromatic heterocycles. The van der Waals surface area contributed by atoms with E-state index in [4.69, 9.17) is 22.1 Å². The SMILES string of the molecule is Cc1nc(C(=O)OCC(=O)c2ccccc2Cl)c(N)s1. The second-order valence-electron chi connectivity index (χ2n) is 3.92. The van der Waals surface area contributed by atoms with E-state index >= 15 is 0 Å². The van der Waals surface area contributed by atoms with Crippen molar-refractivity contribution in [1.82, 2.24) is 4.98 Å². The summed E-state index contributed by atoms with van der Waals surface area (Å²) >= 11 is 7.08. The number of benzene rings is 1. The third-order valence-electron chi connectivity index (χ3n) is 2.46. The molecule has 7 heteroatoms. The Bertz CT molecular complexity index is 669. The highest BCUT2D eigenvalue weighted by Gasteiger charge is 2.18. The number of ether oxygens (including phenoxy) is 1. The molecule has 0 bridgehead atoms. The van der Waals surface area contributed by atoms with Crippen LogP contribution in [-0.2, 0) is 4.74 Å². The second kappa shape index (κ2) is 6.02. The summed E-state index contributed by atoms with van der Waals surface area (Å²) < 4.78 is 4.91. The van der Waals surface area contributed by atoms with Crippen molar-refractivity contribution in [2.24, 2.45) is 0 Å². The van der Waals surface area contributed by atoms with Crippen molar-refractivity contribution in [2.45, 2.75) is 6.92 Å². The molecule has 5 nitrogen and oxygen atoms in total. The Kier molecular flexibility index (Phi) is 4.36. The lowest BCUT2D eigenvalue weighted by molar-refractivity contribution is 0.0470. The third-order valence-corrected chi connectivity index (χ3v) is 3.59. The zero-order valence-corrected chi connectivity index (χ0v) is 12.1. The highest BCUT2D eigenvalue weighted by atomic mass is 35.5. The molecule has 1 heterocycles. The summed E-state index contributed by atoms with van der Waals surface area (Å²) in [6.45, 7) is 1.32. The van der Waals surface area contributed by atoms with Crippen LogP contribution in [0, 0.1) is 6.92 Å². The van der Waals surface area contributed by atoms with Gasteiger partial charge in [-0.1, -0.05) is 23.7 Å². The summed E-state index contributed by atoms with van der Waals surface area (Å²) in [5.41, 5.74) is 5.98. The molecule has 0 saturated heterocycles. The van der Waals surface area contributed by atoms with E-state index in [1.54, 1.807) is 31.2 Å². The van der Waals surface area contributed by atoms with Crippen LogP contribution in [0.4, 0.5) is 5.00 Å². The number of carbonyl (C=O) groups is 2. The molecule has 0 amide bonds. The Morgan fingerprint density at radius 3 is 2.70 bits per heavy atom. The van der Waals surface area contributed by atoms with Crippen LogP contribution in [0.2, 0.25) is 5.02 Å². The smallest absolute Gasteiger partial charge is 0.360 e. The van der Waals surface area contributed by atoms with Crippen molar-refractivity contribution in [3.63, 3.8) is 0 Å². The Morgan fingerprint density at radius 2 is 2.10 bits per heavy atom. The molecule has 104 valence electrons. The molecular formula is C13H11ClN2O3S. The average Bonchev–Trinajstić information content (AvgIpc) is 2.75. The number of halogens is 1. The molecule has 0 aliphatic heterocycles. The topological polar surface area (TPSA) is 82.3 Å². The first-order valence-corrected chi connectivity index (χ1v) is 6.86. The van der Waals surface area contributed by atoms with Gasteiger partial charge >= 0.3 is 5.97 Å². The van der Waals surface area contributed by atoms with Crippen LogP contribution < -0.4 is 5.73 Å². The van der Waals surface area contributed by atoms with E-state index in [-0.39, 0.29) is 16.5 Å². The molecule has 2 aromatic rings. The van der Waals surface area contributed by atoms with Gasteiger partial charge in [0.05, 0.1) is 10.0 Å². The molecule has 0 atom stereocenters. The maximum absolute atomic E-state index is 11.9. The minimum atomic E-state index is -0.716. The maximum atomic E-state index is 11.9. The fourth-order valence-corrected chi connectivity index (χ4v) is 2.48. The summed E-state index contributed by atoms with van der Waals surface area (Å²) in [4.78, 5) is 27.6. The van der Waals surface area contributed by atoms with Crippen LogP contribution in [0.15, 0.2) is 24.3 Å². The standard InChI is InChI=1S/C13H11ClN2O3S/c1-7-16-11(12(15)20-7)13(18)19-6-10(17)8-4-2-3-5-9(8)14/h2-5H,6,15H2,1H3. The summed E-state index contributed by atoms with van der Waals surface area (Å²) in [5, 5.41) is 1.25. The quantitative estimate of drug-likeness (QED) is 0.693. The number of ketones is 1. The molecule has 2 rings (SSSR count). The molecular weight excluding hydrogens is 300 g/mol. The summed E-state index contributed by atoms with van der Waals surface area (Å²) in [6.07, 6.45) is 0. The van der Waals surface area contributed by atoms with Crippen LogP contribution in [-0.4, -0.2) is 23.3 Å². The van der Waals surface area contributed by atoms with Gasteiger partial charge in [-0.15, -0.1) is 11.3 Å². The number of Topliss-reactive ketones (excluding diaryl/α,β-unsaturated/α-hetero) is 1. The Hall–Kier alpha value is -1.92. The molecule has 0 aliphatic rings. The average molecular weight is 311 g/mol. The number of aryl methyl sites for hydroxylation is 1.